The van der Waals surface area contributed by atoms with Gasteiger partial charge in [-0.15, -0.1) is 0 Å². The molecule has 0 saturated heterocycles. The van der Waals surface area contributed by atoms with Crippen molar-refractivity contribution in [3.63, 3.8) is 0 Å². The van der Waals surface area contributed by atoms with Crippen LogP contribution in [-0.4, -0.2) is 31.1 Å². The highest BCUT2D eigenvalue weighted by Gasteiger charge is 2.21. The van der Waals surface area contributed by atoms with Crippen molar-refractivity contribution in [1.82, 2.24) is 25.2 Å². The molecule has 0 spiro atoms. The van der Waals surface area contributed by atoms with E-state index >= 15 is 0 Å². The molecule has 1 aliphatic rings. The van der Waals surface area contributed by atoms with Crippen molar-refractivity contribution < 1.29 is 4.79 Å². The second-order valence-corrected chi connectivity index (χ2v) is 5.94. The van der Waals surface area contributed by atoms with Gasteiger partial charge in [-0.05, 0) is 49.9 Å². The summed E-state index contributed by atoms with van der Waals surface area (Å²) in [7, 11) is 0. The van der Waals surface area contributed by atoms with Gasteiger partial charge in [-0.3, -0.25) is 9.59 Å². The van der Waals surface area contributed by atoms with Crippen molar-refractivity contribution in [2.75, 3.05) is 5.32 Å². The average molecular weight is 324 g/mol. The number of amides is 1. The van der Waals surface area contributed by atoms with Gasteiger partial charge in [0.25, 0.3) is 5.56 Å². The van der Waals surface area contributed by atoms with E-state index in [1.54, 1.807) is 31.2 Å². The number of carbonyl (C=O) groups excluding carboxylic acids is 1. The molecule has 24 heavy (non-hydrogen) atoms. The van der Waals surface area contributed by atoms with Gasteiger partial charge in [0.2, 0.25) is 5.91 Å². The number of hydrogen-bond acceptors (Lipinski definition) is 5. The molecule has 1 aliphatic carbocycles. The molecule has 122 valence electrons. The largest absolute Gasteiger partial charge is 0.324 e. The van der Waals surface area contributed by atoms with Crippen molar-refractivity contribution in [2.45, 2.75) is 32.2 Å². The predicted molar refractivity (Wildman–Crippen MR) is 87.8 cm³/mol. The van der Waals surface area contributed by atoms with Crippen molar-refractivity contribution in [1.29, 1.82) is 0 Å². The van der Waals surface area contributed by atoms with Gasteiger partial charge < -0.3 is 5.32 Å². The molecule has 8 heteroatoms. The number of nitrogens with zero attached hydrogens (tertiary/aromatic N) is 4. The monoisotopic (exact) mass is 324 g/mol. The maximum Gasteiger partial charge on any atom is 0.267 e. The number of aryl methyl sites for hydroxylation is 2. The molecule has 1 aromatic carbocycles. The van der Waals surface area contributed by atoms with Crippen molar-refractivity contribution in [3.05, 3.63) is 45.9 Å². The van der Waals surface area contributed by atoms with Gasteiger partial charge in [0.15, 0.2) is 0 Å². The Morgan fingerprint density at radius 1 is 1.25 bits per heavy atom. The Morgan fingerprint density at radius 2 is 2.08 bits per heavy atom. The number of benzene rings is 1. The molecule has 0 saturated carbocycles. The lowest BCUT2D eigenvalue weighted by Gasteiger charge is -2.15. The van der Waals surface area contributed by atoms with E-state index in [2.05, 4.69) is 25.8 Å². The molecular weight excluding hydrogens is 308 g/mol. The van der Waals surface area contributed by atoms with Crippen LogP contribution in [0, 0.1) is 0 Å². The van der Waals surface area contributed by atoms with Crippen molar-refractivity contribution in [2.24, 2.45) is 0 Å². The molecule has 0 aliphatic heterocycles. The third kappa shape index (κ3) is 2.45. The molecule has 1 atom stereocenters. The second-order valence-electron chi connectivity index (χ2n) is 5.94. The fraction of sp³-hybridized carbons (Fsp3) is 0.312. The molecule has 4 rings (SSSR count). The number of nitrogens with one attached hydrogen (secondary N) is 2. The summed E-state index contributed by atoms with van der Waals surface area (Å²) in [6, 6.07) is 6.13. The minimum absolute atomic E-state index is 0.245. The lowest BCUT2D eigenvalue weighted by molar-refractivity contribution is -0.119. The smallest absolute Gasteiger partial charge is 0.267 e. The lowest BCUT2D eigenvalue weighted by Crippen LogP contribution is -2.33. The number of aromatic amines is 1. The Bertz CT molecular complexity index is 990. The van der Waals surface area contributed by atoms with E-state index in [1.807, 2.05) is 0 Å². The summed E-state index contributed by atoms with van der Waals surface area (Å²) in [6.45, 7) is 1.67. The van der Waals surface area contributed by atoms with Gasteiger partial charge in [0.05, 0.1) is 5.69 Å². The molecule has 0 bridgehead atoms. The number of hydrogen-bond donors (Lipinski definition) is 2. The maximum absolute atomic E-state index is 12.5. The van der Waals surface area contributed by atoms with Crippen LogP contribution in [0.4, 0.5) is 5.69 Å². The molecule has 0 unspecified atom stereocenters. The highest BCUT2D eigenvalue weighted by atomic mass is 16.2. The van der Waals surface area contributed by atoms with Crippen LogP contribution < -0.4 is 10.9 Å². The lowest BCUT2D eigenvalue weighted by atomic mass is 10.2. The number of rotatable bonds is 3. The van der Waals surface area contributed by atoms with E-state index in [9.17, 15) is 9.59 Å². The fourth-order valence-electron chi connectivity index (χ4n) is 2.97. The average Bonchev–Trinajstić information content (AvgIpc) is 3.21. The molecule has 2 heterocycles. The number of H-pyrrole nitrogens is 1. The molecule has 8 nitrogen and oxygen atoms in total. The standard InChI is InChI=1S/C16H16N6O2/c1-9(22-15(23)7-10-3-2-4-12(10)20-22)16(24)17-11-5-6-13-14(8-11)19-21-18-13/h5-9H,2-4H2,1H3,(H,17,24)(H,18,19,21)/t9-/m0/s1. The third-order valence-electron chi connectivity index (χ3n) is 4.31. The molecule has 0 fully saturated rings. The summed E-state index contributed by atoms with van der Waals surface area (Å²) >= 11 is 0. The first-order chi connectivity index (χ1) is 11.6. The summed E-state index contributed by atoms with van der Waals surface area (Å²) in [5, 5.41) is 17.7. The van der Waals surface area contributed by atoms with Crippen LogP contribution >= 0.6 is 0 Å². The predicted octanol–water partition coefficient (Wildman–Crippen LogP) is 1.20. The number of aromatic nitrogens is 5. The van der Waals surface area contributed by atoms with Gasteiger partial charge in [-0.1, -0.05) is 0 Å². The van der Waals surface area contributed by atoms with E-state index in [0.717, 1.165) is 36.0 Å². The summed E-state index contributed by atoms with van der Waals surface area (Å²) in [4.78, 5) is 24.7. The quantitative estimate of drug-likeness (QED) is 0.753. The van der Waals surface area contributed by atoms with Gasteiger partial charge in [0, 0.05) is 11.8 Å². The zero-order chi connectivity index (χ0) is 16.7. The summed E-state index contributed by atoms with van der Waals surface area (Å²) in [5.74, 6) is -0.301. The van der Waals surface area contributed by atoms with Crippen LogP contribution in [0.15, 0.2) is 29.1 Å². The van der Waals surface area contributed by atoms with Crippen molar-refractivity contribution in [3.8, 4) is 0 Å². The van der Waals surface area contributed by atoms with Crippen LogP contribution in [0.25, 0.3) is 11.0 Å². The Hall–Kier alpha value is -3.03. The summed E-state index contributed by atoms with van der Waals surface area (Å²) in [5.41, 5.74) is 3.65. The SMILES string of the molecule is C[C@@H](C(=O)Nc1ccc2n[nH]nc2c1)n1nc2c(cc1=O)CCC2. The van der Waals surface area contributed by atoms with Gasteiger partial charge >= 0.3 is 0 Å². The molecule has 2 aromatic heterocycles. The number of carbonyl (C=O) groups is 1. The van der Waals surface area contributed by atoms with Crippen LogP contribution in [0.3, 0.4) is 0 Å². The van der Waals surface area contributed by atoms with E-state index in [0.29, 0.717) is 11.2 Å². The third-order valence-corrected chi connectivity index (χ3v) is 4.31. The molecule has 2 N–H and O–H groups in total. The first-order valence-electron chi connectivity index (χ1n) is 7.85. The summed E-state index contributed by atoms with van der Waals surface area (Å²) in [6.07, 6.45) is 2.74. The van der Waals surface area contributed by atoms with E-state index < -0.39 is 6.04 Å². The van der Waals surface area contributed by atoms with Crippen molar-refractivity contribution >= 4 is 22.6 Å². The molecule has 3 aromatic rings. The van der Waals surface area contributed by atoms with E-state index in [-0.39, 0.29) is 11.5 Å². The number of anilines is 1. The number of fused-ring (bicyclic) bond motifs is 2. The van der Waals surface area contributed by atoms with Gasteiger partial charge in [-0.2, -0.15) is 20.5 Å². The minimum Gasteiger partial charge on any atom is -0.324 e. The molecule has 0 radical (unpaired) electrons. The zero-order valence-electron chi connectivity index (χ0n) is 13.1. The molecule has 1 amide bonds. The van der Waals surface area contributed by atoms with Crippen LogP contribution in [0.1, 0.15) is 30.6 Å². The minimum atomic E-state index is -0.698. The van der Waals surface area contributed by atoms with Crippen LogP contribution in [0.2, 0.25) is 0 Å². The zero-order valence-corrected chi connectivity index (χ0v) is 13.1. The highest BCUT2D eigenvalue weighted by Crippen LogP contribution is 2.19. The normalized spacial score (nSPS) is 14.5. The van der Waals surface area contributed by atoms with Gasteiger partial charge in [-0.25, -0.2) is 4.68 Å². The topological polar surface area (TPSA) is 106 Å². The fourth-order valence-corrected chi connectivity index (χ4v) is 2.97. The Kier molecular flexibility index (Phi) is 3.37. The van der Waals surface area contributed by atoms with Gasteiger partial charge in [0.1, 0.15) is 17.1 Å². The van der Waals surface area contributed by atoms with E-state index in [1.165, 1.54) is 4.68 Å². The van der Waals surface area contributed by atoms with Crippen LogP contribution in [-0.2, 0) is 17.6 Å². The first kappa shape index (κ1) is 14.6. The van der Waals surface area contributed by atoms with E-state index in [4.69, 9.17) is 0 Å². The Morgan fingerprint density at radius 3 is 2.96 bits per heavy atom. The Balaban J connectivity index is 1.58. The molecular formula is C16H16N6O2. The second kappa shape index (κ2) is 5.55. The first-order valence-corrected chi connectivity index (χ1v) is 7.85. The maximum atomic E-state index is 12.5. The van der Waals surface area contributed by atoms with Crippen LogP contribution in [0.5, 0.6) is 0 Å². The summed E-state index contributed by atoms with van der Waals surface area (Å²) < 4.78 is 1.26. The Labute approximate surface area is 136 Å². The highest BCUT2D eigenvalue weighted by molar-refractivity contribution is 5.95.